The molecule has 0 saturated heterocycles. The van der Waals surface area contributed by atoms with Crippen molar-refractivity contribution < 1.29 is 39.4 Å². The van der Waals surface area contributed by atoms with Crippen molar-refractivity contribution in [1.29, 1.82) is 0 Å². The summed E-state index contributed by atoms with van der Waals surface area (Å²) < 4.78 is 23.0. The average molecular weight is 1530 g/mol. The van der Waals surface area contributed by atoms with Crippen molar-refractivity contribution in [2.75, 3.05) is 39.1 Å². The van der Waals surface area contributed by atoms with Crippen LogP contribution in [0.25, 0.3) is 43.1 Å². The van der Waals surface area contributed by atoms with Crippen molar-refractivity contribution in [2.45, 2.75) is 0 Å². The van der Waals surface area contributed by atoms with Crippen LogP contribution in [-0.2, 0) is 0 Å². The zero-order chi connectivity index (χ0) is 51.3. The summed E-state index contributed by atoms with van der Waals surface area (Å²) in [6.45, 7) is 0. The van der Waals surface area contributed by atoms with Gasteiger partial charge in [-0.2, -0.15) is 0 Å². The molecule has 0 aliphatic rings. The number of methoxy groups -OCH3 is 4. The second-order valence-corrected chi connectivity index (χ2v) is 28.4. The van der Waals surface area contributed by atoms with Gasteiger partial charge in [-0.15, -0.1) is 141 Å². The molecule has 8 rings (SSSR count). The lowest BCUT2D eigenvalue weighted by Crippen LogP contribution is -1.92. The monoisotopic (exact) mass is 1520 g/mol. The topological polar surface area (TPSA) is 118 Å². The summed E-state index contributed by atoms with van der Waals surface area (Å²) in [5.41, 5.74) is 0. The Kier molecular flexibility index (Phi) is 34.3. The molecule has 0 radical (unpaired) electrons. The fraction of sp³-hybridized carbons (Fsp3) is 0.130. The quantitative estimate of drug-likeness (QED) is 0.0782. The third-order valence-electron chi connectivity index (χ3n) is 8.37. The molecule has 0 heterocycles. The van der Waals surface area contributed by atoms with Crippen LogP contribution in [0.2, 0.25) is 0 Å². The predicted octanol–water partition coefficient (Wildman–Crippen LogP) is 18.9. The first-order valence-corrected chi connectivity index (χ1v) is 28.1. The van der Waals surface area contributed by atoms with Crippen LogP contribution < -0.4 is 18.9 Å². The van der Waals surface area contributed by atoms with E-state index in [4.69, 9.17) is 75.6 Å². The summed E-state index contributed by atoms with van der Waals surface area (Å²) in [6.07, 6.45) is 0. The molecule has 8 nitrogen and oxygen atoms in total. The van der Waals surface area contributed by atoms with Crippen LogP contribution in [0.3, 0.4) is 0 Å². The van der Waals surface area contributed by atoms with Crippen LogP contribution in [0.4, 0.5) is 0 Å². The van der Waals surface area contributed by atoms with Gasteiger partial charge >= 0.3 is 6.37 Å². The minimum Gasteiger partial charge on any atom is -0.504 e. The smallest absolute Gasteiger partial charge is 0.369 e. The molecular weight excluding hydrogens is 1480 g/mol. The van der Waals surface area contributed by atoms with E-state index in [1.54, 1.807) is 40.6 Å². The zero-order valence-corrected chi connectivity index (χ0v) is 51.9. The zero-order valence-electron chi connectivity index (χ0n) is 36.2. The highest BCUT2D eigenvalue weighted by molar-refractivity contribution is 9.70. The minimum absolute atomic E-state index is 0.0753. The molecule has 8 aromatic rings. The van der Waals surface area contributed by atoms with Gasteiger partial charge in [-0.05, 0) is 111 Å². The largest absolute Gasteiger partial charge is 0.504 e. The molecular formula is C46H42B2Br8Cl4O8. The van der Waals surface area contributed by atoms with E-state index >= 15 is 0 Å². The number of aromatic hydroxyl groups is 4. The maximum absolute atomic E-state index is 9.41. The van der Waals surface area contributed by atoms with E-state index < -0.39 is 0 Å². The van der Waals surface area contributed by atoms with Crippen LogP contribution >= 0.6 is 173 Å². The number of phenolic OH excluding ortho intramolecular Hbond substituents is 4. The van der Waals surface area contributed by atoms with E-state index in [2.05, 4.69) is 139 Å². The Bertz CT molecular complexity index is 2640. The number of ether oxygens (including phenoxy) is 4. The van der Waals surface area contributed by atoms with Gasteiger partial charge in [0.05, 0.1) is 48.1 Å². The molecule has 8 aromatic carbocycles. The van der Waals surface area contributed by atoms with Crippen LogP contribution in [0, 0.1) is 0 Å². The second kappa shape index (κ2) is 36.3. The van der Waals surface area contributed by atoms with Gasteiger partial charge in [0.2, 0.25) is 0 Å². The van der Waals surface area contributed by atoms with Crippen molar-refractivity contribution in [3.05, 3.63) is 142 Å². The van der Waals surface area contributed by atoms with E-state index in [1.165, 1.54) is 6.07 Å². The van der Waals surface area contributed by atoms with Gasteiger partial charge in [0, 0.05) is 0 Å². The predicted molar refractivity (Wildman–Crippen MR) is 322 cm³/mol. The SMILES string of the molecule is BrB(Br)Br.BrB(Br)Br.COc1cc2ccccc2c(Br)c1OC.COc1cc2ccccc2cc1OC.ClCCl.ClCCl.Oc1cc2ccccc2c(Br)c1O.Oc1cc2ccccc2cc1O. The standard InChI is InChI=1S/C12H11BrO2.C12H12O2.C10H7BrO2.C10H8O2.2CH2Cl2.2BBr3/c1-14-10-7-8-5-3-4-6-9(8)11(13)12(10)15-2;1-13-11-7-9-5-3-4-6-10(9)8-12(11)14-2;11-9-7-4-2-1-3-6(7)5-8(12)10(9)13;11-9-5-7-3-1-2-4-8(7)6-10(9)12;2*2-1-3;2*2-1(3)4/h3-7H,1-2H3;3-8H,1-2H3;1-5,12-13H;1-6,11-12H;2*1H2;;. The summed E-state index contributed by atoms with van der Waals surface area (Å²) in [7, 11) is 6.57. The second-order valence-electron chi connectivity index (χ2n) is 12.4. The van der Waals surface area contributed by atoms with Gasteiger partial charge in [0.25, 0.3) is 0 Å². The Balaban J connectivity index is 0.000000415. The minimum atomic E-state index is -0.112. The molecule has 0 spiro atoms. The highest BCUT2D eigenvalue weighted by Gasteiger charge is 2.12. The Hall–Kier alpha value is -1.67. The Morgan fingerprint density at radius 1 is 0.397 bits per heavy atom. The van der Waals surface area contributed by atoms with Crippen LogP contribution in [0.1, 0.15) is 0 Å². The molecule has 0 aliphatic carbocycles. The van der Waals surface area contributed by atoms with Gasteiger partial charge in [-0.1, -0.05) is 97.1 Å². The first-order chi connectivity index (χ1) is 32.4. The number of hydrogen-bond acceptors (Lipinski definition) is 8. The van der Waals surface area contributed by atoms with E-state index in [1.807, 2.05) is 103 Å². The van der Waals surface area contributed by atoms with Crippen molar-refractivity contribution in [2.24, 2.45) is 0 Å². The fourth-order valence-corrected chi connectivity index (χ4v) is 6.90. The number of rotatable bonds is 4. The molecule has 68 heavy (non-hydrogen) atoms. The first kappa shape index (κ1) is 64.3. The molecule has 0 aromatic heterocycles. The molecule has 0 saturated carbocycles. The Morgan fingerprint density at radius 2 is 0.662 bits per heavy atom. The third-order valence-corrected chi connectivity index (χ3v) is 9.96. The number of hydrogen-bond donors (Lipinski definition) is 4. The molecule has 0 fully saturated rings. The Morgan fingerprint density at radius 3 is 1.00 bits per heavy atom. The fourth-order valence-electron chi connectivity index (χ4n) is 5.61. The van der Waals surface area contributed by atoms with E-state index in [9.17, 15) is 10.2 Å². The molecule has 0 atom stereocenters. The number of alkyl halides is 4. The highest BCUT2D eigenvalue weighted by Crippen LogP contribution is 2.41. The van der Waals surface area contributed by atoms with Crippen molar-refractivity contribution in [3.8, 4) is 46.0 Å². The van der Waals surface area contributed by atoms with Crippen molar-refractivity contribution in [1.82, 2.24) is 0 Å². The van der Waals surface area contributed by atoms with Gasteiger partial charge in [-0.25, -0.2) is 0 Å². The molecule has 0 unspecified atom stereocenters. The van der Waals surface area contributed by atoms with Crippen molar-refractivity contribution >= 4 is 222 Å². The van der Waals surface area contributed by atoms with E-state index in [-0.39, 0.29) is 40.0 Å². The lowest BCUT2D eigenvalue weighted by molar-refractivity contribution is 0.354. The highest BCUT2D eigenvalue weighted by atomic mass is 80.0. The van der Waals surface area contributed by atoms with Crippen LogP contribution in [0.5, 0.6) is 46.0 Å². The van der Waals surface area contributed by atoms with E-state index in [0.717, 1.165) is 70.6 Å². The summed E-state index contributed by atoms with van der Waals surface area (Å²) in [5.74, 6) is 2.64. The molecule has 22 heteroatoms. The number of halogens is 12. The third kappa shape index (κ3) is 22.8. The number of fused-ring (bicyclic) bond motifs is 4. The summed E-state index contributed by atoms with van der Waals surface area (Å²) in [6, 6.07) is 41.8. The maximum atomic E-state index is 9.41. The van der Waals surface area contributed by atoms with Crippen molar-refractivity contribution in [3.63, 3.8) is 0 Å². The lowest BCUT2D eigenvalue weighted by atomic mass is 10.1. The first-order valence-electron chi connectivity index (χ1n) is 18.9. The van der Waals surface area contributed by atoms with E-state index in [0.29, 0.717) is 4.47 Å². The molecule has 0 aliphatic heterocycles. The summed E-state index contributed by atoms with van der Waals surface area (Å²) in [4.78, 5) is 0. The lowest BCUT2D eigenvalue weighted by Gasteiger charge is -2.11. The van der Waals surface area contributed by atoms with Gasteiger partial charge in [0.1, 0.15) is 0 Å². The van der Waals surface area contributed by atoms with Crippen LogP contribution in [-0.4, -0.2) is 65.9 Å². The number of phenols is 4. The van der Waals surface area contributed by atoms with Gasteiger partial charge in [0.15, 0.2) is 46.0 Å². The van der Waals surface area contributed by atoms with Gasteiger partial charge < -0.3 is 39.4 Å². The summed E-state index contributed by atoms with van der Waals surface area (Å²) in [5, 5.41) is 45.6. The normalized spacial score (nSPS) is 9.53. The summed E-state index contributed by atoms with van der Waals surface area (Å²) >= 11 is 44.4. The number of benzene rings is 8. The van der Waals surface area contributed by atoms with Crippen LogP contribution in [0.15, 0.2) is 142 Å². The maximum Gasteiger partial charge on any atom is 0.369 e. The molecule has 0 amide bonds. The average Bonchev–Trinajstić information content (AvgIpc) is 3.31. The molecule has 4 N–H and O–H groups in total. The molecule has 0 bridgehead atoms. The molecule has 364 valence electrons. The van der Waals surface area contributed by atoms with Gasteiger partial charge in [-0.3, -0.25) is 0 Å². The Labute approximate surface area is 483 Å².